The molecule has 0 fully saturated rings. The number of ether oxygens (including phenoxy) is 3. The van der Waals surface area contributed by atoms with Crippen LogP contribution in [0.1, 0.15) is 30.1 Å². The normalized spacial score (nSPS) is 13.1. The lowest BCUT2D eigenvalue weighted by atomic mass is 10.2. The van der Waals surface area contributed by atoms with E-state index in [2.05, 4.69) is 18.5 Å². The van der Waals surface area contributed by atoms with Crippen LogP contribution in [0.3, 0.4) is 0 Å². The predicted octanol–water partition coefficient (Wildman–Crippen LogP) is 4.54. The monoisotopic (exact) mass is 410 g/mol. The fourth-order valence-electron chi connectivity index (χ4n) is 3.06. The zero-order chi connectivity index (χ0) is 20.2. The highest BCUT2D eigenvalue weighted by molar-refractivity contribution is 7.16. The summed E-state index contributed by atoms with van der Waals surface area (Å²) in [5, 5.41) is 0. The molecule has 150 valence electrons. The number of nitrogens with zero attached hydrogens (tertiary/aromatic N) is 2. The first-order chi connectivity index (χ1) is 14.2. The molecule has 0 radical (unpaired) electrons. The number of unbranched alkanes of at least 4 members (excludes halogenated alkanes) is 1. The van der Waals surface area contributed by atoms with E-state index in [1.165, 1.54) is 11.3 Å². The molecule has 1 aromatic heterocycles. The summed E-state index contributed by atoms with van der Waals surface area (Å²) in [4.78, 5) is 17.8. The summed E-state index contributed by atoms with van der Waals surface area (Å²) in [6.45, 7) is 7.33. The summed E-state index contributed by atoms with van der Waals surface area (Å²) in [7, 11) is 0. The van der Waals surface area contributed by atoms with Crippen LogP contribution in [0.4, 0.5) is 0 Å². The molecule has 0 saturated heterocycles. The van der Waals surface area contributed by atoms with Gasteiger partial charge >= 0.3 is 0 Å². The van der Waals surface area contributed by atoms with E-state index in [0.717, 1.165) is 23.1 Å². The molecule has 7 heteroatoms. The topological polar surface area (TPSA) is 62.1 Å². The van der Waals surface area contributed by atoms with Crippen molar-refractivity contribution in [2.45, 2.75) is 26.3 Å². The number of carbonyl (C=O) groups excluding carboxylic acids is 1. The SMILES string of the molecule is C=CCn1c(=NC(=O)c2cccc(OCCCC)c2)sc2cc3c(cc21)OCO3. The van der Waals surface area contributed by atoms with Gasteiger partial charge in [-0.25, -0.2) is 0 Å². The second-order valence-electron chi connectivity index (χ2n) is 6.60. The lowest BCUT2D eigenvalue weighted by molar-refractivity contribution is 0.0997. The standard InChI is InChI=1S/C22H22N2O4S/c1-3-5-10-26-16-8-6-7-15(11-16)21(25)23-22-24(9-4-2)17-12-18-19(28-14-27-18)13-20(17)29-22/h4,6-8,11-13H,2-3,5,9-10,14H2,1H3. The molecule has 4 rings (SSSR count). The summed E-state index contributed by atoms with van der Waals surface area (Å²) >= 11 is 1.43. The molecule has 0 aliphatic carbocycles. The minimum absolute atomic E-state index is 0.223. The third kappa shape index (κ3) is 4.05. The van der Waals surface area contributed by atoms with Crippen molar-refractivity contribution in [2.75, 3.05) is 13.4 Å². The van der Waals surface area contributed by atoms with E-state index in [1.54, 1.807) is 18.2 Å². The van der Waals surface area contributed by atoms with Gasteiger partial charge in [-0.15, -0.1) is 6.58 Å². The Morgan fingerprint density at radius 3 is 2.93 bits per heavy atom. The predicted molar refractivity (Wildman–Crippen MR) is 113 cm³/mol. The van der Waals surface area contributed by atoms with Crippen LogP contribution in [0.15, 0.2) is 54.0 Å². The van der Waals surface area contributed by atoms with Crippen LogP contribution >= 0.6 is 11.3 Å². The largest absolute Gasteiger partial charge is 0.494 e. The average molecular weight is 410 g/mol. The summed E-state index contributed by atoms with van der Waals surface area (Å²) in [6.07, 6.45) is 3.81. The minimum atomic E-state index is -0.310. The van der Waals surface area contributed by atoms with Crippen molar-refractivity contribution in [3.8, 4) is 17.2 Å². The van der Waals surface area contributed by atoms with Gasteiger partial charge in [0.25, 0.3) is 5.91 Å². The zero-order valence-electron chi connectivity index (χ0n) is 16.2. The van der Waals surface area contributed by atoms with Crippen molar-refractivity contribution in [1.82, 2.24) is 4.57 Å². The number of rotatable bonds is 7. The molecule has 0 bridgehead atoms. The Bertz CT molecular complexity index is 1130. The van der Waals surface area contributed by atoms with E-state index in [9.17, 15) is 4.79 Å². The summed E-state index contributed by atoms with van der Waals surface area (Å²) in [5.41, 5.74) is 1.43. The molecular formula is C22H22N2O4S. The number of amides is 1. The molecule has 1 aliphatic rings. The average Bonchev–Trinajstić information content (AvgIpc) is 3.31. The van der Waals surface area contributed by atoms with Crippen LogP contribution in [0.5, 0.6) is 17.2 Å². The molecule has 0 atom stereocenters. The third-order valence-corrected chi connectivity index (χ3v) is 5.57. The summed E-state index contributed by atoms with van der Waals surface area (Å²) < 4.78 is 19.6. The maximum absolute atomic E-state index is 12.8. The molecule has 29 heavy (non-hydrogen) atoms. The summed E-state index contributed by atoms with van der Waals surface area (Å²) in [6, 6.07) is 11.0. The number of carbonyl (C=O) groups is 1. The molecule has 3 aromatic rings. The molecule has 2 aromatic carbocycles. The number of benzene rings is 2. The van der Waals surface area contributed by atoms with Gasteiger partial charge in [0, 0.05) is 24.2 Å². The van der Waals surface area contributed by atoms with Crippen molar-refractivity contribution >= 4 is 27.5 Å². The second-order valence-corrected chi connectivity index (χ2v) is 7.61. The third-order valence-electron chi connectivity index (χ3n) is 4.53. The highest BCUT2D eigenvalue weighted by Crippen LogP contribution is 2.37. The maximum Gasteiger partial charge on any atom is 0.279 e. The Morgan fingerprint density at radius 1 is 1.31 bits per heavy atom. The van der Waals surface area contributed by atoms with E-state index in [1.807, 2.05) is 28.8 Å². The molecule has 2 heterocycles. The van der Waals surface area contributed by atoms with Crippen LogP contribution in [0, 0.1) is 0 Å². The van der Waals surface area contributed by atoms with Gasteiger partial charge in [0.1, 0.15) is 5.75 Å². The lowest BCUT2D eigenvalue weighted by Crippen LogP contribution is -2.16. The van der Waals surface area contributed by atoms with E-state index in [0.29, 0.717) is 40.8 Å². The Kier molecular flexibility index (Phi) is 5.67. The van der Waals surface area contributed by atoms with Gasteiger partial charge < -0.3 is 18.8 Å². The molecule has 0 spiro atoms. The van der Waals surface area contributed by atoms with Gasteiger partial charge in [-0.1, -0.05) is 36.8 Å². The van der Waals surface area contributed by atoms with Gasteiger partial charge in [0.15, 0.2) is 16.3 Å². The van der Waals surface area contributed by atoms with Gasteiger partial charge in [-0.3, -0.25) is 4.79 Å². The first-order valence-electron chi connectivity index (χ1n) is 9.55. The number of thiazole rings is 1. The van der Waals surface area contributed by atoms with Crippen LogP contribution in [-0.4, -0.2) is 23.9 Å². The first-order valence-corrected chi connectivity index (χ1v) is 10.4. The van der Waals surface area contributed by atoms with Crippen LogP contribution in [0.2, 0.25) is 0 Å². The number of allylic oxidation sites excluding steroid dienone is 1. The van der Waals surface area contributed by atoms with Gasteiger partial charge in [-0.05, 0) is 24.6 Å². The highest BCUT2D eigenvalue weighted by atomic mass is 32.1. The molecule has 6 nitrogen and oxygen atoms in total. The van der Waals surface area contributed by atoms with Gasteiger partial charge in [0.2, 0.25) is 6.79 Å². The smallest absolute Gasteiger partial charge is 0.279 e. The molecule has 0 saturated carbocycles. The molecule has 1 aliphatic heterocycles. The maximum atomic E-state index is 12.8. The highest BCUT2D eigenvalue weighted by Gasteiger charge is 2.18. The van der Waals surface area contributed by atoms with E-state index in [4.69, 9.17) is 14.2 Å². The number of fused-ring (bicyclic) bond motifs is 2. The minimum Gasteiger partial charge on any atom is -0.494 e. The molecule has 0 N–H and O–H groups in total. The Labute approximate surface area is 172 Å². The van der Waals surface area contributed by atoms with Gasteiger partial charge in [-0.2, -0.15) is 4.99 Å². The summed E-state index contributed by atoms with van der Waals surface area (Å²) in [5.74, 6) is 1.78. The number of aromatic nitrogens is 1. The van der Waals surface area contributed by atoms with E-state index >= 15 is 0 Å². The molecule has 1 amide bonds. The fraction of sp³-hybridized carbons (Fsp3) is 0.273. The van der Waals surface area contributed by atoms with Crippen LogP contribution < -0.4 is 19.0 Å². The van der Waals surface area contributed by atoms with Gasteiger partial charge in [0.05, 0.1) is 16.8 Å². The van der Waals surface area contributed by atoms with Crippen molar-refractivity contribution in [1.29, 1.82) is 0 Å². The first kappa shape index (κ1) is 19.3. The number of hydrogen-bond acceptors (Lipinski definition) is 5. The van der Waals surface area contributed by atoms with Crippen LogP contribution in [-0.2, 0) is 6.54 Å². The van der Waals surface area contributed by atoms with Crippen LogP contribution in [0.25, 0.3) is 10.2 Å². The van der Waals surface area contributed by atoms with E-state index in [-0.39, 0.29) is 12.7 Å². The fourth-order valence-corrected chi connectivity index (χ4v) is 4.10. The number of hydrogen-bond donors (Lipinski definition) is 0. The van der Waals surface area contributed by atoms with Crippen molar-refractivity contribution < 1.29 is 19.0 Å². The molecular weight excluding hydrogens is 388 g/mol. The second kappa shape index (κ2) is 8.53. The van der Waals surface area contributed by atoms with Crippen molar-refractivity contribution in [3.63, 3.8) is 0 Å². The van der Waals surface area contributed by atoms with Crippen molar-refractivity contribution in [3.05, 3.63) is 59.4 Å². The van der Waals surface area contributed by atoms with Crippen molar-refractivity contribution in [2.24, 2.45) is 4.99 Å². The Hall–Kier alpha value is -3.06. The zero-order valence-corrected chi connectivity index (χ0v) is 17.0. The Balaban J connectivity index is 1.70. The Morgan fingerprint density at radius 2 is 2.14 bits per heavy atom. The molecule has 0 unspecified atom stereocenters. The quantitative estimate of drug-likeness (QED) is 0.424. The lowest BCUT2D eigenvalue weighted by Gasteiger charge is -2.06. The van der Waals surface area contributed by atoms with E-state index < -0.39 is 0 Å².